The quantitative estimate of drug-likeness (QED) is 0.387. The van der Waals surface area contributed by atoms with Crippen molar-refractivity contribution >= 4 is 12.6 Å². The second-order valence-corrected chi connectivity index (χ2v) is 1.81. The number of allylic oxidation sites excluding steroid dienone is 2. The van der Waals surface area contributed by atoms with E-state index in [9.17, 15) is 9.59 Å². The van der Waals surface area contributed by atoms with Gasteiger partial charge in [0.15, 0.2) is 12.6 Å². The van der Waals surface area contributed by atoms with Gasteiger partial charge in [0, 0.05) is 0 Å². The predicted octanol–water partition coefficient (Wildman–Crippen LogP) is -0.0460. The minimum Gasteiger partial charge on any atom is -0.289 e. The Balaban J connectivity index is 5.39. The van der Waals surface area contributed by atoms with Crippen LogP contribution in [0.2, 0.25) is 0 Å². The van der Waals surface area contributed by atoms with E-state index in [1.807, 2.05) is 0 Å². The summed E-state index contributed by atoms with van der Waals surface area (Å²) in [6, 6.07) is 0. The zero-order valence-corrected chi connectivity index (χ0v) is 7.13. The first-order valence-electron chi connectivity index (χ1n) is 3.38. The third kappa shape index (κ3) is 3.64. The fourth-order valence-corrected chi connectivity index (χ4v) is 0.545. The molecular weight excluding hydrogens is 176 g/mol. The molecule has 0 aliphatic heterocycles. The van der Waals surface area contributed by atoms with Gasteiger partial charge in [-0.25, -0.2) is 0 Å². The Morgan fingerprint density at radius 3 is 1.43 bits per heavy atom. The number of hydrogen-bond donors (Lipinski definition) is 0. The van der Waals surface area contributed by atoms with Gasteiger partial charge in [-0.05, 0) is 23.7 Å². The monoisotopic (exact) mass is 180 g/mol. The predicted molar refractivity (Wildman–Crippen MR) is 52.4 cm³/mol. The molecule has 0 bridgehead atoms. The summed E-state index contributed by atoms with van der Waals surface area (Å²) in [4.78, 5) is 19.9. The van der Waals surface area contributed by atoms with Crippen molar-refractivity contribution in [2.45, 2.75) is 0 Å². The maximum atomic E-state index is 9.94. The molecule has 0 atom stereocenters. The first kappa shape index (κ1) is 11.3. The lowest BCUT2D eigenvalue weighted by atomic mass is 10.1. The summed E-state index contributed by atoms with van der Waals surface area (Å²) >= 11 is 0. The third-order valence-electron chi connectivity index (χ3n) is 1.05. The van der Waals surface area contributed by atoms with Crippen molar-refractivity contribution in [2.24, 2.45) is 0 Å². The second-order valence-electron chi connectivity index (χ2n) is 1.81. The van der Waals surface area contributed by atoms with E-state index in [4.69, 9.17) is 12.8 Å². The molecular formula is C12H4O2. The molecule has 0 aliphatic rings. The number of terminal acetylenes is 2. The lowest BCUT2D eigenvalue weighted by Crippen LogP contribution is -1.82. The fourth-order valence-electron chi connectivity index (χ4n) is 0.545. The summed E-state index contributed by atoms with van der Waals surface area (Å²) < 4.78 is 0. The van der Waals surface area contributed by atoms with Gasteiger partial charge in [0.2, 0.25) is 0 Å². The number of carbonyl (C=O) groups is 2. The van der Waals surface area contributed by atoms with E-state index >= 15 is 0 Å². The molecule has 0 N–H and O–H groups in total. The van der Waals surface area contributed by atoms with Crippen LogP contribution in [-0.4, -0.2) is 12.6 Å². The van der Waals surface area contributed by atoms with Crippen LogP contribution >= 0.6 is 0 Å². The zero-order valence-electron chi connectivity index (χ0n) is 7.13. The average molecular weight is 180 g/mol. The van der Waals surface area contributed by atoms with Crippen LogP contribution in [-0.2, 0) is 9.59 Å². The first-order chi connectivity index (χ1) is 6.79. The Kier molecular flexibility index (Phi) is 5.66. The molecule has 0 radical (unpaired) electrons. The maximum absolute atomic E-state index is 9.94. The van der Waals surface area contributed by atoms with Crippen LogP contribution in [0, 0.1) is 48.4 Å². The molecule has 0 amide bonds. The smallest absolute Gasteiger partial charge is 0.193 e. The Morgan fingerprint density at radius 1 is 0.857 bits per heavy atom. The minimum absolute atomic E-state index is 0.119. The van der Waals surface area contributed by atoms with E-state index in [2.05, 4.69) is 35.5 Å². The van der Waals surface area contributed by atoms with Gasteiger partial charge in [-0.15, -0.1) is 12.8 Å². The van der Waals surface area contributed by atoms with E-state index in [-0.39, 0.29) is 11.1 Å². The molecule has 0 aliphatic carbocycles. The summed E-state index contributed by atoms with van der Waals surface area (Å²) in [5.74, 6) is 13.3. The van der Waals surface area contributed by atoms with Crippen LogP contribution in [0.1, 0.15) is 0 Å². The van der Waals surface area contributed by atoms with E-state index in [0.717, 1.165) is 0 Å². The van der Waals surface area contributed by atoms with E-state index < -0.39 is 0 Å². The van der Waals surface area contributed by atoms with Crippen molar-refractivity contribution in [3.05, 3.63) is 11.1 Å². The van der Waals surface area contributed by atoms with E-state index in [1.165, 1.54) is 0 Å². The Labute approximate surface area is 82.4 Å². The average Bonchev–Trinajstić information content (AvgIpc) is 2.23. The highest BCUT2D eigenvalue weighted by molar-refractivity contribution is 5.78. The summed E-state index contributed by atoms with van der Waals surface area (Å²) in [5.41, 5.74) is 0.239. The Hall–Kier alpha value is -2.68. The van der Waals surface area contributed by atoms with Crippen molar-refractivity contribution in [1.29, 1.82) is 0 Å². The van der Waals surface area contributed by atoms with Gasteiger partial charge in [-0.2, -0.15) is 0 Å². The van der Waals surface area contributed by atoms with Crippen LogP contribution in [0.3, 0.4) is 0 Å². The van der Waals surface area contributed by atoms with Gasteiger partial charge in [0.25, 0.3) is 0 Å². The Morgan fingerprint density at radius 2 is 1.21 bits per heavy atom. The van der Waals surface area contributed by atoms with E-state index in [1.54, 1.807) is 0 Å². The third-order valence-corrected chi connectivity index (χ3v) is 1.05. The zero-order chi connectivity index (χ0) is 10.8. The molecule has 64 valence electrons. The van der Waals surface area contributed by atoms with Crippen LogP contribution in [0.5, 0.6) is 0 Å². The molecule has 2 heteroatoms. The molecule has 2 nitrogen and oxygen atoms in total. The van der Waals surface area contributed by atoms with Crippen molar-refractivity contribution in [2.75, 3.05) is 0 Å². The number of aldehydes is 2. The minimum atomic E-state index is 0.119. The van der Waals surface area contributed by atoms with Crippen LogP contribution < -0.4 is 0 Å². The van der Waals surface area contributed by atoms with Crippen molar-refractivity contribution in [1.82, 2.24) is 0 Å². The van der Waals surface area contributed by atoms with Crippen molar-refractivity contribution in [3.63, 3.8) is 0 Å². The normalized spacial score (nSPS) is 8.43. The van der Waals surface area contributed by atoms with Crippen LogP contribution in [0.25, 0.3) is 0 Å². The molecule has 0 rings (SSSR count). The van der Waals surface area contributed by atoms with E-state index in [0.29, 0.717) is 12.6 Å². The first-order valence-corrected chi connectivity index (χ1v) is 3.38. The molecule has 0 unspecified atom stereocenters. The topological polar surface area (TPSA) is 34.1 Å². The lowest BCUT2D eigenvalue weighted by molar-refractivity contribution is -0.104. The molecule has 0 spiro atoms. The number of rotatable bonds is 0. The lowest BCUT2D eigenvalue weighted by Gasteiger charge is -1.87. The molecule has 14 heavy (non-hydrogen) atoms. The molecule has 0 aromatic rings. The van der Waals surface area contributed by atoms with Gasteiger partial charge in [-0.3, -0.25) is 9.59 Å². The molecule has 0 aromatic heterocycles. The van der Waals surface area contributed by atoms with Crippen molar-refractivity contribution in [3.8, 4) is 48.4 Å². The van der Waals surface area contributed by atoms with Gasteiger partial charge in [-0.1, -0.05) is 11.8 Å². The molecule has 0 saturated heterocycles. The number of carbonyl (C=O) groups excluding carboxylic acids is 2. The maximum Gasteiger partial charge on any atom is 0.193 e. The molecule has 0 heterocycles. The summed E-state index contributed by atoms with van der Waals surface area (Å²) in [5, 5.41) is 0. The van der Waals surface area contributed by atoms with Gasteiger partial charge < -0.3 is 0 Å². The van der Waals surface area contributed by atoms with Gasteiger partial charge in [0.1, 0.15) is 0 Å². The highest BCUT2D eigenvalue weighted by Gasteiger charge is 1.94. The SMILES string of the molecule is C#C/C(C#CC=O)=C(/C#C)C#CC=O. The van der Waals surface area contributed by atoms with Crippen LogP contribution in [0.15, 0.2) is 11.1 Å². The summed E-state index contributed by atoms with van der Waals surface area (Å²) in [6.45, 7) is 0. The molecule has 0 saturated carbocycles. The fraction of sp³-hybridized carbons (Fsp3) is 0. The highest BCUT2D eigenvalue weighted by Crippen LogP contribution is 1.99. The second kappa shape index (κ2) is 7.00. The summed E-state index contributed by atoms with van der Waals surface area (Å²) in [7, 11) is 0. The van der Waals surface area contributed by atoms with Crippen molar-refractivity contribution < 1.29 is 9.59 Å². The molecule has 0 aromatic carbocycles. The Bertz CT molecular complexity index is 425. The van der Waals surface area contributed by atoms with Crippen LogP contribution in [0.4, 0.5) is 0 Å². The van der Waals surface area contributed by atoms with Gasteiger partial charge in [0.05, 0.1) is 11.1 Å². The standard InChI is InChI=1S/C12H4O2/c1-3-11(7-5-9-13)12(4-2)8-6-10-14/h1-2,9-10H/b12-11+. The largest absolute Gasteiger partial charge is 0.289 e. The number of hydrogen-bond acceptors (Lipinski definition) is 2. The van der Waals surface area contributed by atoms with Gasteiger partial charge >= 0.3 is 0 Å². The summed E-state index contributed by atoms with van der Waals surface area (Å²) in [6.07, 6.45) is 10.9. The highest BCUT2D eigenvalue weighted by atomic mass is 16.1. The molecule has 0 fully saturated rings.